The Balaban J connectivity index is 1.96. The van der Waals surface area contributed by atoms with E-state index >= 15 is 0 Å². The molecule has 0 spiro atoms. The van der Waals surface area contributed by atoms with E-state index in [1.807, 2.05) is 53.4 Å². The summed E-state index contributed by atoms with van der Waals surface area (Å²) >= 11 is 0. The predicted molar refractivity (Wildman–Crippen MR) is 102 cm³/mol. The van der Waals surface area contributed by atoms with Crippen molar-refractivity contribution in [3.63, 3.8) is 0 Å². The van der Waals surface area contributed by atoms with Crippen LogP contribution in [0.1, 0.15) is 20.8 Å². The minimum absolute atomic E-state index is 0.0926. The summed E-state index contributed by atoms with van der Waals surface area (Å²) in [6.07, 6.45) is 0.715. The van der Waals surface area contributed by atoms with Gasteiger partial charge in [-0.3, -0.25) is 4.90 Å². The molecule has 126 valence electrons. The number of amides is 2. The van der Waals surface area contributed by atoms with E-state index in [9.17, 15) is 4.79 Å². The summed E-state index contributed by atoms with van der Waals surface area (Å²) in [6, 6.07) is 15.4. The maximum atomic E-state index is 12.8. The lowest BCUT2D eigenvalue weighted by Gasteiger charge is -2.28. The Kier molecular flexibility index (Phi) is 4.51. The molecule has 1 heterocycles. The van der Waals surface area contributed by atoms with E-state index in [-0.39, 0.29) is 11.2 Å². The topological polar surface area (TPSA) is 41.6 Å². The average Bonchev–Trinajstić information content (AvgIpc) is 2.95. The number of nitrogens with one attached hydrogen (secondary N) is 1. The first kappa shape index (κ1) is 16.8. The van der Waals surface area contributed by atoms with Gasteiger partial charge in [-0.1, -0.05) is 45.0 Å². The molecule has 1 aliphatic rings. The minimum Gasteiger partial charge on any atom is -0.496 e. The van der Waals surface area contributed by atoms with Crippen molar-refractivity contribution >= 4 is 30.6 Å². The molecule has 0 bridgehead atoms. The number of hydrogen-bond donors (Lipinski definition) is 1. The van der Waals surface area contributed by atoms with Crippen LogP contribution in [0, 0.1) is 0 Å². The lowest BCUT2D eigenvalue weighted by Crippen LogP contribution is -2.33. The number of fused-ring (bicyclic) bond motifs is 1. The van der Waals surface area contributed by atoms with Gasteiger partial charge in [0, 0.05) is 11.0 Å². The predicted octanol–water partition coefficient (Wildman–Crippen LogP) is 4.61. The van der Waals surface area contributed by atoms with Crippen LogP contribution in [-0.4, -0.2) is 24.6 Å². The molecular weight excluding hydrogens is 319 g/mol. The van der Waals surface area contributed by atoms with Gasteiger partial charge in [0.25, 0.3) is 0 Å². The Hall–Kier alpha value is -2.06. The zero-order valence-electron chi connectivity index (χ0n) is 14.5. The highest BCUT2D eigenvalue weighted by Crippen LogP contribution is 2.57. The van der Waals surface area contributed by atoms with Crippen LogP contribution in [0.4, 0.5) is 16.2 Å². The van der Waals surface area contributed by atoms with Gasteiger partial charge in [-0.2, -0.15) is 0 Å². The summed E-state index contributed by atoms with van der Waals surface area (Å²) in [5.74, 6) is 0.878. The molecule has 0 saturated carbocycles. The van der Waals surface area contributed by atoms with E-state index in [0.29, 0.717) is 6.29 Å². The molecule has 0 aromatic heterocycles. The lowest BCUT2D eigenvalue weighted by molar-refractivity contribution is 0.258. The molecule has 1 atom stereocenters. The fourth-order valence-corrected chi connectivity index (χ4v) is 5.59. The largest absolute Gasteiger partial charge is 0.496 e. The molecule has 2 aromatic rings. The van der Waals surface area contributed by atoms with E-state index in [1.54, 1.807) is 7.11 Å². The molecule has 4 nitrogen and oxygen atoms in total. The van der Waals surface area contributed by atoms with Crippen LogP contribution in [0.15, 0.2) is 48.5 Å². The summed E-state index contributed by atoms with van der Waals surface area (Å²) in [6.45, 7) is 6.69. The number of carbonyl (C=O) groups is 1. The number of para-hydroxylation sites is 1. The van der Waals surface area contributed by atoms with Crippen molar-refractivity contribution in [2.24, 2.45) is 0 Å². The molecular formula is C19H23N2O2P. The Labute approximate surface area is 144 Å². The number of rotatable bonds is 2. The summed E-state index contributed by atoms with van der Waals surface area (Å²) < 4.78 is 5.59. The van der Waals surface area contributed by atoms with Crippen LogP contribution in [-0.2, 0) is 0 Å². The Morgan fingerprint density at radius 1 is 1.12 bits per heavy atom. The summed E-state index contributed by atoms with van der Waals surface area (Å²) in [7, 11) is 1.16. The van der Waals surface area contributed by atoms with Crippen molar-refractivity contribution < 1.29 is 9.53 Å². The third-order valence-electron chi connectivity index (χ3n) is 4.12. The molecule has 2 amide bonds. The number of hydrogen-bond acceptors (Lipinski definition) is 2. The highest BCUT2D eigenvalue weighted by atomic mass is 31.1. The second kappa shape index (κ2) is 6.45. The van der Waals surface area contributed by atoms with Crippen LogP contribution >= 0.6 is 7.92 Å². The minimum atomic E-state index is -0.535. The fourth-order valence-electron chi connectivity index (χ4n) is 2.89. The standard InChI is InChI=1S/C19H23N2O2P/c1-19(2,3)24-13-21(15-11-8-12-16(23-4)17(15)24)18(22)20-14-9-6-5-7-10-14/h5-12H,13H2,1-4H3,(H,20,22). The third-order valence-corrected chi connectivity index (χ3v) is 7.30. The van der Waals surface area contributed by atoms with Crippen LogP contribution in [0.25, 0.3) is 0 Å². The second-order valence-corrected chi connectivity index (χ2v) is 9.72. The van der Waals surface area contributed by atoms with Gasteiger partial charge in [-0.05, 0) is 37.3 Å². The van der Waals surface area contributed by atoms with E-state index in [4.69, 9.17) is 4.74 Å². The molecule has 1 unspecified atom stereocenters. The van der Waals surface area contributed by atoms with Gasteiger partial charge in [0.1, 0.15) is 5.75 Å². The third kappa shape index (κ3) is 3.11. The van der Waals surface area contributed by atoms with Crippen LogP contribution in [0.3, 0.4) is 0 Å². The Bertz CT molecular complexity index is 741. The van der Waals surface area contributed by atoms with Gasteiger partial charge in [-0.25, -0.2) is 4.79 Å². The molecule has 1 aliphatic heterocycles. The smallest absolute Gasteiger partial charge is 0.326 e. The number of methoxy groups -OCH3 is 1. The maximum absolute atomic E-state index is 12.8. The molecule has 0 fully saturated rings. The Morgan fingerprint density at radius 2 is 1.83 bits per heavy atom. The number of anilines is 2. The molecule has 1 N–H and O–H groups in total. The molecule has 3 rings (SSSR count). The van der Waals surface area contributed by atoms with E-state index in [2.05, 4.69) is 26.1 Å². The number of urea groups is 1. The van der Waals surface area contributed by atoms with Crippen molar-refractivity contribution in [1.29, 1.82) is 0 Å². The van der Waals surface area contributed by atoms with Gasteiger partial charge in [0.2, 0.25) is 0 Å². The van der Waals surface area contributed by atoms with Gasteiger partial charge < -0.3 is 10.1 Å². The Morgan fingerprint density at radius 3 is 2.46 bits per heavy atom. The molecule has 2 aromatic carbocycles. The van der Waals surface area contributed by atoms with Gasteiger partial charge in [0.15, 0.2) is 0 Å². The molecule has 0 aliphatic carbocycles. The SMILES string of the molecule is COc1cccc2c1P(C(C)(C)C)CN2C(=O)Nc1ccccc1. The lowest BCUT2D eigenvalue weighted by atomic mass is 10.2. The van der Waals surface area contributed by atoms with Crippen LogP contribution < -0.4 is 20.3 Å². The quantitative estimate of drug-likeness (QED) is 0.810. The maximum Gasteiger partial charge on any atom is 0.326 e. The molecule has 0 saturated heterocycles. The number of benzene rings is 2. The van der Waals surface area contributed by atoms with Crippen LogP contribution in [0.2, 0.25) is 0 Å². The first-order valence-corrected chi connectivity index (χ1v) is 9.52. The van der Waals surface area contributed by atoms with E-state index in [1.165, 1.54) is 5.30 Å². The van der Waals surface area contributed by atoms with Crippen molar-refractivity contribution in [2.75, 3.05) is 23.6 Å². The fraction of sp³-hybridized carbons (Fsp3) is 0.316. The monoisotopic (exact) mass is 342 g/mol. The van der Waals surface area contributed by atoms with Gasteiger partial charge >= 0.3 is 6.03 Å². The first-order chi connectivity index (χ1) is 11.4. The average molecular weight is 342 g/mol. The molecule has 0 radical (unpaired) electrons. The van der Waals surface area contributed by atoms with Crippen molar-refractivity contribution in [2.45, 2.75) is 25.9 Å². The summed E-state index contributed by atoms with van der Waals surface area (Å²) in [5, 5.41) is 4.27. The van der Waals surface area contributed by atoms with E-state index in [0.717, 1.165) is 17.1 Å². The van der Waals surface area contributed by atoms with Gasteiger partial charge in [0.05, 0.1) is 19.1 Å². The van der Waals surface area contributed by atoms with E-state index < -0.39 is 7.92 Å². The normalized spacial score (nSPS) is 16.7. The van der Waals surface area contributed by atoms with Gasteiger partial charge in [-0.15, -0.1) is 0 Å². The summed E-state index contributed by atoms with van der Waals surface area (Å²) in [4.78, 5) is 14.7. The molecule has 5 heteroatoms. The number of ether oxygens (including phenoxy) is 1. The number of nitrogens with zero attached hydrogens (tertiary/aromatic N) is 1. The van der Waals surface area contributed by atoms with Crippen LogP contribution in [0.5, 0.6) is 5.75 Å². The zero-order chi connectivity index (χ0) is 17.3. The highest BCUT2D eigenvalue weighted by Gasteiger charge is 2.40. The van der Waals surface area contributed by atoms with Crippen molar-refractivity contribution in [1.82, 2.24) is 0 Å². The second-order valence-electron chi connectivity index (χ2n) is 6.79. The first-order valence-electron chi connectivity index (χ1n) is 8.00. The highest BCUT2D eigenvalue weighted by molar-refractivity contribution is 7.68. The van der Waals surface area contributed by atoms with Crippen molar-refractivity contribution in [3.8, 4) is 5.75 Å². The van der Waals surface area contributed by atoms with Crippen molar-refractivity contribution in [3.05, 3.63) is 48.5 Å². The summed E-state index contributed by atoms with van der Waals surface area (Å²) in [5.41, 5.74) is 1.77. The zero-order valence-corrected chi connectivity index (χ0v) is 15.4. The molecule has 24 heavy (non-hydrogen) atoms. The number of carbonyl (C=O) groups excluding carboxylic acids is 1.